The van der Waals surface area contributed by atoms with E-state index in [0.29, 0.717) is 0 Å². The summed E-state index contributed by atoms with van der Waals surface area (Å²) >= 11 is 0. The van der Waals surface area contributed by atoms with Crippen LogP contribution in [0.25, 0.3) is 11.1 Å². The average Bonchev–Trinajstić information content (AvgIpc) is 2.48. The van der Waals surface area contributed by atoms with Crippen LogP contribution >= 0.6 is 0 Å². The molecule has 0 atom stereocenters. The Morgan fingerprint density at radius 1 is 1.11 bits per heavy atom. The third kappa shape index (κ3) is 2.61. The molecular weight excluding hydrogens is 234 g/mol. The highest BCUT2D eigenvalue weighted by Crippen LogP contribution is 2.29. The zero-order chi connectivity index (χ0) is 13.1. The van der Waals surface area contributed by atoms with Gasteiger partial charge in [0.2, 0.25) is 0 Å². The molecule has 0 radical (unpaired) electrons. The minimum atomic E-state index is 1.02. The fourth-order valence-corrected chi connectivity index (χ4v) is 2.56. The number of aromatic nitrogens is 1. The van der Waals surface area contributed by atoms with Gasteiger partial charge in [0.15, 0.2) is 0 Å². The molecule has 1 N–H and O–H groups in total. The minimum Gasteiger partial charge on any atom is -0.354 e. The van der Waals surface area contributed by atoms with Crippen molar-refractivity contribution in [3.63, 3.8) is 0 Å². The van der Waals surface area contributed by atoms with E-state index in [9.17, 15) is 0 Å². The summed E-state index contributed by atoms with van der Waals surface area (Å²) in [4.78, 5) is 6.98. The Morgan fingerprint density at radius 3 is 2.74 bits per heavy atom. The first-order valence-corrected chi connectivity index (χ1v) is 6.82. The number of pyridine rings is 1. The lowest BCUT2D eigenvalue weighted by Gasteiger charge is -2.30. The Kier molecular flexibility index (Phi) is 3.47. The normalized spacial score (nSPS) is 15.5. The van der Waals surface area contributed by atoms with E-state index in [1.807, 2.05) is 12.3 Å². The maximum Gasteiger partial charge on any atom is 0.136 e. The van der Waals surface area contributed by atoms with Crippen molar-refractivity contribution in [2.24, 2.45) is 0 Å². The fraction of sp³-hybridized carbons (Fsp3) is 0.312. The van der Waals surface area contributed by atoms with Crippen LogP contribution in [-0.4, -0.2) is 31.2 Å². The molecule has 3 rings (SSSR count). The standard InChI is InChI=1S/C16H19N3/c1-13-4-2-5-14(12-13)15-6-3-7-18-16(15)19-10-8-17-9-11-19/h2-7,12,17H,8-11H2,1H3. The number of hydrogen-bond donors (Lipinski definition) is 1. The maximum atomic E-state index is 4.61. The largest absolute Gasteiger partial charge is 0.354 e. The molecule has 0 spiro atoms. The summed E-state index contributed by atoms with van der Waals surface area (Å²) in [5.74, 6) is 1.11. The first-order chi connectivity index (χ1) is 9.34. The molecule has 1 fully saturated rings. The van der Waals surface area contributed by atoms with Crippen LogP contribution in [-0.2, 0) is 0 Å². The van der Waals surface area contributed by atoms with Crippen LogP contribution in [0.15, 0.2) is 42.6 Å². The van der Waals surface area contributed by atoms with Crippen molar-refractivity contribution >= 4 is 5.82 Å². The monoisotopic (exact) mass is 253 g/mol. The van der Waals surface area contributed by atoms with Gasteiger partial charge in [-0.05, 0) is 24.6 Å². The van der Waals surface area contributed by atoms with Crippen molar-refractivity contribution < 1.29 is 0 Å². The van der Waals surface area contributed by atoms with Crippen molar-refractivity contribution in [1.82, 2.24) is 10.3 Å². The molecule has 3 heteroatoms. The summed E-state index contributed by atoms with van der Waals surface area (Å²) < 4.78 is 0. The van der Waals surface area contributed by atoms with Gasteiger partial charge in [-0.3, -0.25) is 0 Å². The molecule has 1 aromatic heterocycles. The van der Waals surface area contributed by atoms with E-state index in [0.717, 1.165) is 32.0 Å². The summed E-state index contributed by atoms with van der Waals surface area (Å²) in [6.45, 7) is 6.24. The molecule has 0 bridgehead atoms. The van der Waals surface area contributed by atoms with Crippen LogP contribution in [0, 0.1) is 6.92 Å². The van der Waals surface area contributed by atoms with Gasteiger partial charge in [-0.2, -0.15) is 0 Å². The molecule has 2 heterocycles. The maximum absolute atomic E-state index is 4.61. The number of hydrogen-bond acceptors (Lipinski definition) is 3. The predicted octanol–water partition coefficient (Wildman–Crippen LogP) is 2.47. The number of nitrogens with one attached hydrogen (secondary N) is 1. The van der Waals surface area contributed by atoms with Gasteiger partial charge in [-0.15, -0.1) is 0 Å². The highest BCUT2D eigenvalue weighted by atomic mass is 15.2. The molecule has 98 valence electrons. The van der Waals surface area contributed by atoms with Crippen molar-refractivity contribution in [2.75, 3.05) is 31.1 Å². The Morgan fingerprint density at radius 2 is 1.95 bits per heavy atom. The van der Waals surface area contributed by atoms with E-state index >= 15 is 0 Å². The lowest BCUT2D eigenvalue weighted by molar-refractivity contribution is 0.585. The molecule has 1 aliphatic heterocycles. The quantitative estimate of drug-likeness (QED) is 0.891. The first kappa shape index (κ1) is 12.2. The molecule has 3 nitrogen and oxygen atoms in total. The van der Waals surface area contributed by atoms with Gasteiger partial charge in [0.25, 0.3) is 0 Å². The number of benzene rings is 1. The van der Waals surface area contributed by atoms with Crippen LogP contribution in [0.1, 0.15) is 5.56 Å². The zero-order valence-electron chi connectivity index (χ0n) is 11.3. The molecule has 1 aromatic carbocycles. The van der Waals surface area contributed by atoms with Crippen LogP contribution in [0.5, 0.6) is 0 Å². The second kappa shape index (κ2) is 5.41. The summed E-state index contributed by atoms with van der Waals surface area (Å²) in [6.07, 6.45) is 1.89. The third-order valence-electron chi connectivity index (χ3n) is 3.53. The van der Waals surface area contributed by atoms with Crippen LogP contribution in [0.2, 0.25) is 0 Å². The number of piperazine rings is 1. The molecule has 1 saturated heterocycles. The molecular formula is C16H19N3. The smallest absolute Gasteiger partial charge is 0.136 e. The molecule has 0 aliphatic carbocycles. The summed E-state index contributed by atoms with van der Waals surface area (Å²) in [5, 5.41) is 3.38. The Balaban J connectivity index is 2.01. The van der Waals surface area contributed by atoms with Crippen molar-refractivity contribution in [3.05, 3.63) is 48.2 Å². The van der Waals surface area contributed by atoms with Crippen molar-refractivity contribution in [1.29, 1.82) is 0 Å². The number of nitrogens with zero attached hydrogens (tertiary/aromatic N) is 2. The van der Waals surface area contributed by atoms with Gasteiger partial charge in [0.1, 0.15) is 5.82 Å². The molecule has 0 saturated carbocycles. The second-order valence-corrected chi connectivity index (χ2v) is 4.98. The third-order valence-corrected chi connectivity index (χ3v) is 3.53. The van der Waals surface area contributed by atoms with E-state index in [-0.39, 0.29) is 0 Å². The summed E-state index contributed by atoms with van der Waals surface area (Å²) in [6, 6.07) is 12.8. The van der Waals surface area contributed by atoms with Gasteiger partial charge in [-0.1, -0.05) is 29.8 Å². The van der Waals surface area contributed by atoms with E-state index < -0.39 is 0 Å². The average molecular weight is 253 g/mol. The highest BCUT2D eigenvalue weighted by Gasteiger charge is 2.15. The molecule has 19 heavy (non-hydrogen) atoms. The Hall–Kier alpha value is -1.87. The lowest BCUT2D eigenvalue weighted by atomic mass is 10.0. The van der Waals surface area contributed by atoms with E-state index in [1.54, 1.807) is 0 Å². The van der Waals surface area contributed by atoms with Gasteiger partial charge in [-0.25, -0.2) is 4.98 Å². The molecule has 0 unspecified atom stereocenters. The Labute approximate surface area is 114 Å². The Bertz CT molecular complexity index is 559. The fourth-order valence-electron chi connectivity index (χ4n) is 2.56. The second-order valence-electron chi connectivity index (χ2n) is 4.98. The van der Waals surface area contributed by atoms with Gasteiger partial charge >= 0.3 is 0 Å². The highest BCUT2D eigenvalue weighted by molar-refractivity contribution is 5.76. The van der Waals surface area contributed by atoms with Crippen LogP contribution in [0.3, 0.4) is 0 Å². The molecule has 0 amide bonds. The number of aryl methyl sites for hydroxylation is 1. The van der Waals surface area contributed by atoms with Crippen molar-refractivity contribution in [3.8, 4) is 11.1 Å². The zero-order valence-corrected chi connectivity index (χ0v) is 11.3. The predicted molar refractivity (Wildman–Crippen MR) is 79.5 cm³/mol. The summed E-state index contributed by atoms with van der Waals surface area (Å²) in [5.41, 5.74) is 3.77. The van der Waals surface area contributed by atoms with Crippen LogP contribution in [0.4, 0.5) is 5.82 Å². The SMILES string of the molecule is Cc1cccc(-c2cccnc2N2CCNCC2)c1. The molecule has 2 aromatic rings. The first-order valence-electron chi connectivity index (χ1n) is 6.82. The number of rotatable bonds is 2. The summed E-state index contributed by atoms with van der Waals surface area (Å²) in [7, 11) is 0. The lowest BCUT2D eigenvalue weighted by Crippen LogP contribution is -2.44. The van der Waals surface area contributed by atoms with E-state index in [1.165, 1.54) is 16.7 Å². The minimum absolute atomic E-state index is 1.02. The van der Waals surface area contributed by atoms with Gasteiger partial charge < -0.3 is 10.2 Å². The topological polar surface area (TPSA) is 28.2 Å². The van der Waals surface area contributed by atoms with Gasteiger partial charge in [0.05, 0.1) is 0 Å². The molecule has 1 aliphatic rings. The van der Waals surface area contributed by atoms with Gasteiger partial charge in [0, 0.05) is 37.9 Å². The van der Waals surface area contributed by atoms with Crippen LogP contribution < -0.4 is 10.2 Å². The number of anilines is 1. The van der Waals surface area contributed by atoms with E-state index in [4.69, 9.17) is 0 Å². The van der Waals surface area contributed by atoms with Crippen molar-refractivity contribution in [2.45, 2.75) is 6.92 Å². The van der Waals surface area contributed by atoms with E-state index in [2.05, 4.69) is 52.5 Å².